The Kier molecular flexibility index (Phi) is 3.24. The van der Waals surface area contributed by atoms with Crippen molar-refractivity contribution in [1.29, 1.82) is 0 Å². The van der Waals surface area contributed by atoms with Gasteiger partial charge in [0.25, 0.3) is 0 Å². The average molecular weight is 323 g/mol. The minimum atomic E-state index is 0.0818. The van der Waals surface area contributed by atoms with E-state index in [0.29, 0.717) is 12.1 Å². The fourth-order valence-corrected chi connectivity index (χ4v) is 4.77. The third-order valence-corrected chi connectivity index (χ3v) is 6.24. The number of ether oxygens (including phenoxy) is 1. The normalized spacial score (nSPS) is 27.0. The van der Waals surface area contributed by atoms with E-state index in [0.717, 1.165) is 18.6 Å². The average Bonchev–Trinajstić information content (AvgIpc) is 2.96. The Bertz CT molecular complexity index is 762. The molecule has 3 aliphatic rings. The van der Waals surface area contributed by atoms with E-state index in [-0.39, 0.29) is 5.60 Å². The Morgan fingerprint density at radius 1 is 1.17 bits per heavy atom. The fourth-order valence-electron chi connectivity index (χ4n) is 4.77. The molecule has 2 aliphatic carbocycles. The van der Waals surface area contributed by atoms with Crippen LogP contribution >= 0.6 is 0 Å². The summed E-state index contributed by atoms with van der Waals surface area (Å²) in [6.45, 7) is 0. The molecule has 2 heterocycles. The predicted molar refractivity (Wildman–Crippen MR) is 93.0 cm³/mol. The molecule has 4 nitrogen and oxygen atoms in total. The molecule has 0 unspecified atom stereocenters. The highest BCUT2D eigenvalue weighted by atomic mass is 16.5. The number of fused-ring (bicyclic) bond motifs is 2. The number of nitrogens with zero attached hydrogens (tertiary/aromatic N) is 2. The van der Waals surface area contributed by atoms with Gasteiger partial charge in [0.05, 0.1) is 6.20 Å². The zero-order valence-corrected chi connectivity index (χ0v) is 14.3. The van der Waals surface area contributed by atoms with Gasteiger partial charge < -0.3 is 10.1 Å². The first-order valence-corrected chi connectivity index (χ1v) is 9.29. The summed E-state index contributed by atoms with van der Waals surface area (Å²) >= 11 is 0. The lowest BCUT2D eigenvalue weighted by Crippen LogP contribution is -2.49. The van der Waals surface area contributed by atoms with Gasteiger partial charge in [0.2, 0.25) is 0 Å². The second kappa shape index (κ2) is 5.35. The summed E-state index contributed by atoms with van der Waals surface area (Å²) in [5.41, 5.74) is 4.21. The Labute approximate surface area is 143 Å². The largest absolute Gasteiger partial charge is 0.487 e. The standard InChI is InChI=1S/C20H25N3O/c1-23-18-8-4-7-16(15(18)13-21-23)22-17-12-20(10-5-11-20)24-19-9-3-2-6-14(17)19/h2-3,6,9,13,16-17,22H,4-5,7-8,10-12H2,1H3/t16-,17-/m1/s1. The van der Waals surface area contributed by atoms with Crippen LogP contribution in [0.15, 0.2) is 30.5 Å². The van der Waals surface area contributed by atoms with Gasteiger partial charge in [0.1, 0.15) is 11.4 Å². The highest BCUT2D eigenvalue weighted by molar-refractivity contribution is 5.40. The molecule has 2 aromatic rings. The van der Waals surface area contributed by atoms with Crippen molar-refractivity contribution >= 4 is 0 Å². The maximum atomic E-state index is 6.39. The van der Waals surface area contributed by atoms with Gasteiger partial charge >= 0.3 is 0 Å². The summed E-state index contributed by atoms with van der Waals surface area (Å²) < 4.78 is 8.44. The van der Waals surface area contributed by atoms with Crippen LogP contribution in [0.2, 0.25) is 0 Å². The minimum Gasteiger partial charge on any atom is -0.487 e. The Morgan fingerprint density at radius 3 is 2.88 bits per heavy atom. The highest BCUT2D eigenvalue weighted by Crippen LogP contribution is 2.49. The molecule has 0 amide bonds. The molecule has 0 radical (unpaired) electrons. The molecule has 1 spiro atoms. The molecule has 24 heavy (non-hydrogen) atoms. The number of hydrogen-bond acceptors (Lipinski definition) is 3. The first-order chi connectivity index (χ1) is 11.7. The molecular formula is C20H25N3O. The molecule has 1 fully saturated rings. The van der Waals surface area contributed by atoms with E-state index < -0.39 is 0 Å². The third kappa shape index (κ3) is 2.20. The first kappa shape index (κ1) is 14.5. The molecular weight excluding hydrogens is 298 g/mol. The van der Waals surface area contributed by atoms with Crippen molar-refractivity contribution in [2.75, 3.05) is 0 Å². The van der Waals surface area contributed by atoms with Crippen molar-refractivity contribution in [3.8, 4) is 5.75 Å². The van der Waals surface area contributed by atoms with Gasteiger partial charge in [-0.3, -0.25) is 4.68 Å². The van der Waals surface area contributed by atoms with Crippen molar-refractivity contribution in [2.45, 2.75) is 62.6 Å². The number of nitrogens with one attached hydrogen (secondary N) is 1. The molecule has 1 aromatic heterocycles. The second-order valence-corrected chi connectivity index (χ2v) is 7.71. The van der Waals surface area contributed by atoms with E-state index in [9.17, 15) is 0 Å². The number of aromatic nitrogens is 2. The topological polar surface area (TPSA) is 39.1 Å². The first-order valence-electron chi connectivity index (χ1n) is 9.29. The van der Waals surface area contributed by atoms with Gasteiger partial charge in [-0.05, 0) is 44.6 Å². The van der Waals surface area contributed by atoms with E-state index in [1.807, 2.05) is 0 Å². The van der Waals surface area contributed by atoms with Crippen LogP contribution in [0.4, 0.5) is 0 Å². The summed E-state index contributed by atoms with van der Waals surface area (Å²) in [4.78, 5) is 0. The summed E-state index contributed by atoms with van der Waals surface area (Å²) in [5.74, 6) is 1.09. The SMILES string of the molecule is Cn1ncc2c1CCC[C@H]2N[C@@H]1CC2(CCC2)Oc2ccccc21. The predicted octanol–water partition coefficient (Wildman–Crippen LogP) is 3.83. The van der Waals surface area contributed by atoms with Crippen LogP contribution in [0.25, 0.3) is 0 Å². The lowest BCUT2D eigenvalue weighted by atomic mass is 9.72. The Morgan fingerprint density at radius 2 is 2.04 bits per heavy atom. The van der Waals surface area contributed by atoms with E-state index in [4.69, 9.17) is 4.74 Å². The maximum absolute atomic E-state index is 6.39. The zero-order chi connectivity index (χ0) is 16.1. The molecule has 2 atom stereocenters. The van der Waals surface area contributed by atoms with Crippen LogP contribution in [-0.2, 0) is 13.5 Å². The lowest BCUT2D eigenvalue weighted by molar-refractivity contribution is -0.0382. The molecule has 0 saturated heterocycles. The van der Waals surface area contributed by atoms with Crippen LogP contribution in [-0.4, -0.2) is 15.4 Å². The Balaban J connectivity index is 1.46. The molecule has 126 valence electrons. The second-order valence-electron chi connectivity index (χ2n) is 7.71. The summed E-state index contributed by atoms with van der Waals surface area (Å²) in [6.07, 6.45) is 10.4. The molecule has 1 aliphatic heterocycles. The number of aryl methyl sites for hydroxylation is 1. The molecule has 1 saturated carbocycles. The minimum absolute atomic E-state index is 0.0818. The van der Waals surface area contributed by atoms with Crippen LogP contribution in [0.1, 0.15) is 67.4 Å². The van der Waals surface area contributed by atoms with Gasteiger partial charge in [-0.25, -0.2) is 0 Å². The van der Waals surface area contributed by atoms with E-state index in [2.05, 4.69) is 52.6 Å². The fraction of sp³-hybridized carbons (Fsp3) is 0.550. The number of hydrogen-bond donors (Lipinski definition) is 1. The van der Waals surface area contributed by atoms with Gasteiger partial charge in [0, 0.05) is 42.4 Å². The smallest absolute Gasteiger partial charge is 0.124 e. The van der Waals surface area contributed by atoms with E-state index in [1.54, 1.807) is 0 Å². The van der Waals surface area contributed by atoms with Crippen molar-refractivity contribution in [2.24, 2.45) is 7.05 Å². The highest BCUT2D eigenvalue weighted by Gasteiger charge is 2.46. The molecule has 1 aromatic carbocycles. The zero-order valence-electron chi connectivity index (χ0n) is 14.3. The monoisotopic (exact) mass is 323 g/mol. The third-order valence-electron chi connectivity index (χ3n) is 6.24. The molecule has 0 bridgehead atoms. The van der Waals surface area contributed by atoms with Crippen LogP contribution in [0, 0.1) is 0 Å². The number of rotatable bonds is 2. The van der Waals surface area contributed by atoms with Crippen molar-refractivity contribution in [1.82, 2.24) is 15.1 Å². The number of para-hydroxylation sites is 1. The van der Waals surface area contributed by atoms with Crippen LogP contribution < -0.4 is 10.1 Å². The van der Waals surface area contributed by atoms with Crippen molar-refractivity contribution in [3.05, 3.63) is 47.3 Å². The van der Waals surface area contributed by atoms with Crippen LogP contribution in [0.5, 0.6) is 5.75 Å². The Hall–Kier alpha value is -1.81. The van der Waals surface area contributed by atoms with E-state index in [1.165, 1.54) is 48.9 Å². The summed E-state index contributed by atoms with van der Waals surface area (Å²) in [5, 5.41) is 8.47. The molecule has 4 heteroatoms. The lowest BCUT2D eigenvalue weighted by Gasteiger charge is -2.48. The molecule has 1 N–H and O–H groups in total. The van der Waals surface area contributed by atoms with E-state index >= 15 is 0 Å². The van der Waals surface area contributed by atoms with Crippen molar-refractivity contribution in [3.63, 3.8) is 0 Å². The molecule has 5 rings (SSSR count). The van der Waals surface area contributed by atoms with Crippen molar-refractivity contribution < 1.29 is 4.74 Å². The maximum Gasteiger partial charge on any atom is 0.124 e. The number of benzene rings is 1. The van der Waals surface area contributed by atoms with Gasteiger partial charge in [0.15, 0.2) is 0 Å². The summed E-state index contributed by atoms with van der Waals surface area (Å²) in [7, 11) is 2.06. The van der Waals surface area contributed by atoms with Gasteiger partial charge in [-0.1, -0.05) is 18.2 Å². The summed E-state index contributed by atoms with van der Waals surface area (Å²) in [6, 6.07) is 9.38. The quantitative estimate of drug-likeness (QED) is 0.913. The van der Waals surface area contributed by atoms with Gasteiger partial charge in [-0.15, -0.1) is 0 Å². The van der Waals surface area contributed by atoms with Gasteiger partial charge in [-0.2, -0.15) is 5.10 Å². The van der Waals surface area contributed by atoms with Crippen LogP contribution in [0.3, 0.4) is 0 Å².